The molecule has 5 heteroatoms. The third-order valence-corrected chi connectivity index (χ3v) is 3.60. The minimum Gasteiger partial charge on any atom is -0.424 e. The molecule has 0 amide bonds. The Morgan fingerprint density at radius 1 is 1.41 bits per heavy atom. The lowest BCUT2D eigenvalue weighted by atomic mass is 9.97. The number of hydrogen-bond acceptors (Lipinski definition) is 5. The monoisotopic (exact) mass is 239 g/mol. The standard InChI is InChI=1S/C12H21N3O2/c1-3-11-13-14-12(17-11)9(2)15-6-4-10(8-16)5-7-15/h9-10,16H,3-8H2,1-2H3. The van der Waals surface area contributed by atoms with Gasteiger partial charge in [-0.05, 0) is 38.8 Å². The maximum absolute atomic E-state index is 9.11. The maximum atomic E-state index is 9.11. The van der Waals surface area contributed by atoms with E-state index in [1.165, 1.54) is 0 Å². The van der Waals surface area contributed by atoms with Crippen molar-refractivity contribution in [1.29, 1.82) is 0 Å². The van der Waals surface area contributed by atoms with Crippen LogP contribution in [0.1, 0.15) is 44.5 Å². The molecule has 1 aromatic rings. The topological polar surface area (TPSA) is 62.4 Å². The van der Waals surface area contributed by atoms with Gasteiger partial charge in [-0.15, -0.1) is 10.2 Å². The van der Waals surface area contributed by atoms with Gasteiger partial charge in [-0.2, -0.15) is 0 Å². The Morgan fingerprint density at radius 2 is 2.12 bits per heavy atom. The first-order valence-electron chi connectivity index (χ1n) is 6.41. The molecule has 0 radical (unpaired) electrons. The van der Waals surface area contributed by atoms with Gasteiger partial charge < -0.3 is 9.52 Å². The number of aromatic nitrogens is 2. The summed E-state index contributed by atoms with van der Waals surface area (Å²) in [6, 6.07) is 0.183. The molecule has 5 nitrogen and oxygen atoms in total. The van der Waals surface area contributed by atoms with Crippen molar-refractivity contribution in [2.24, 2.45) is 5.92 Å². The second kappa shape index (κ2) is 5.60. The molecular weight excluding hydrogens is 218 g/mol. The molecule has 1 aliphatic rings. The summed E-state index contributed by atoms with van der Waals surface area (Å²) in [5.74, 6) is 1.88. The van der Waals surface area contributed by atoms with Gasteiger partial charge in [0.15, 0.2) is 0 Å². The maximum Gasteiger partial charge on any atom is 0.233 e. The highest BCUT2D eigenvalue weighted by Gasteiger charge is 2.26. The summed E-state index contributed by atoms with van der Waals surface area (Å²) in [6.07, 6.45) is 2.89. The van der Waals surface area contributed by atoms with E-state index in [2.05, 4.69) is 22.0 Å². The Hall–Kier alpha value is -0.940. The van der Waals surface area contributed by atoms with Gasteiger partial charge in [0.2, 0.25) is 11.8 Å². The molecule has 96 valence electrons. The number of likely N-dealkylation sites (tertiary alicyclic amines) is 1. The minimum absolute atomic E-state index is 0.183. The van der Waals surface area contributed by atoms with Crippen molar-refractivity contribution in [3.8, 4) is 0 Å². The van der Waals surface area contributed by atoms with Crippen LogP contribution in [0, 0.1) is 5.92 Å². The number of aliphatic hydroxyl groups excluding tert-OH is 1. The van der Waals surface area contributed by atoms with Gasteiger partial charge in [0.1, 0.15) is 0 Å². The predicted octanol–water partition coefficient (Wildman–Crippen LogP) is 1.40. The second-order valence-electron chi connectivity index (χ2n) is 4.73. The van der Waals surface area contributed by atoms with E-state index in [0.717, 1.165) is 32.4 Å². The molecule has 0 bridgehead atoms. The molecule has 1 fully saturated rings. The van der Waals surface area contributed by atoms with Crippen LogP contribution in [0.15, 0.2) is 4.42 Å². The fourth-order valence-electron chi connectivity index (χ4n) is 2.26. The fourth-order valence-corrected chi connectivity index (χ4v) is 2.26. The van der Waals surface area contributed by atoms with Gasteiger partial charge in [-0.3, -0.25) is 4.90 Å². The Labute approximate surface area is 102 Å². The van der Waals surface area contributed by atoms with E-state index >= 15 is 0 Å². The largest absolute Gasteiger partial charge is 0.424 e. The molecule has 0 aliphatic carbocycles. The summed E-state index contributed by atoms with van der Waals surface area (Å²) < 4.78 is 5.59. The van der Waals surface area contributed by atoms with Crippen molar-refractivity contribution in [2.45, 2.75) is 39.2 Å². The molecule has 1 unspecified atom stereocenters. The van der Waals surface area contributed by atoms with E-state index < -0.39 is 0 Å². The highest BCUT2D eigenvalue weighted by atomic mass is 16.4. The van der Waals surface area contributed by atoms with Crippen LogP contribution in [-0.4, -0.2) is 39.9 Å². The van der Waals surface area contributed by atoms with Crippen LogP contribution in [0.3, 0.4) is 0 Å². The number of hydrogen-bond donors (Lipinski definition) is 1. The van der Waals surface area contributed by atoms with Gasteiger partial charge in [0, 0.05) is 13.0 Å². The van der Waals surface area contributed by atoms with E-state index in [4.69, 9.17) is 9.52 Å². The lowest BCUT2D eigenvalue weighted by Gasteiger charge is -2.33. The summed E-state index contributed by atoms with van der Waals surface area (Å²) >= 11 is 0. The zero-order valence-electron chi connectivity index (χ0n) is 10.6. The summed E-state index contributed by atoms with van der Waals surface area (Å²) in [4.78, 5) is 2.35. The molecule has 1 aliphatic heterocycles. The van der Waals surface area contributed by atoms with Crippen LogP contribution in [-0.2, 0) is 6.42 Å². The van der Waals surface area contributed by atoms with Gasteiger partial charge in [-0.25, -0.2) is 0 Å². The molecule has 0 spiro atoms. The number of rotatable bonds is 4. The first-order valence-corrected chi connectivity index (χ1v) is 6.41. The highest BCUT2D eigenvalue weighted by molar-refractivity contribution is 4.90. The molecule has 17 heavy (non-hydrogen) atoms. The zero-order valence-corrected chi connectivity index (χ0v) is 10.6. The van der Waals surface area contributed by atoms with Crippen LogP contribution in [0.2, 0.25) is 0 Å². The summed E-state index contributed by atoms with van der Waals surface area (Å²) in [7, 11) is 0. The third-order valence-electron chi connectivity index (χ3n) is 3.60. The summed E-state index contributed by atoms with van der Waals surface area (Å²) in [5.41, 5.74) is 0. The molecule has 0 saturated carbocycles. The van der Waals surface area contributed by atoms with E-state index in [0.29, 0.717) is 24.3 Å². The van der Waals surface area contributed by atoms with E-state index in [-0.39, 0.29) is 6.04 Å². The molecular formula is C12H21N3O2. The van der Waals surface area contributed by atoms with Crippen LogP contribution in [0.4, 0.5) is 0 Å². The van der Waals surface area contributed by atoms with Crippen molar-refractivity contribution >= 4 is 0 Å². The Kier molecular flexibility index (Phi) is 4.12. The van der Waals surface area contributed by atoms with Gasteiger partial charge in [0.05, 0.1) is 6.04 Å². The number of aliphatic hydroxyl groups is 1. The van der Waals surface area contributed by atoms with Gasteiger partial charge in [0.25, 0.3) is 0 Å². The Balaban J connectivity index is 1.94. The van der Waals surface area contributed by atoms with Crippen molar-refractivity contribution in [2.75, 3.05) is 19.7 Å². The predicted molar refractivity (Wildman–Crippen MR) is 63.5 cm³/mol. The van der Waals surface area contributed by atoms with Crippen LogP contribution in [0.25, 0.3) is 0 Å². The molecule has 0 aromatic carbocycles. The summed E-state index contributed by atoms with van der Waals surface area (Å²) in [5, 5.41) is 17.2. The van der Waals surface area contributed by atoms with Crippen molar-refractivity contribution in [3.63, 3.8) is 0 Å². The lowest BCUT2D eigenvalue weighted by Crippen LogP contribution is -2.36. The van der Waals surface area contributed by atoms with Crippen LogP contribution >= 0.6 is 0 Å². The normalized spacial score (nSPS) is 20.6. The minimum atomic E-state index is 0.183. The molecule has 1 atom stereocenters. The number of nitrogens with zero attached hydrogens (tertiary/aromatic N) is 3. The number of aryl methyl sites for hydroxylation is 1. The Bertz CT molecular complexity index is 345. The van der Waals surface area contributed by atoms with E-state index in [9.17, 15) is 0 Å². The first-order chi connectivity index (χ1) is 8.24. The molecule has 2 rings (SSSR count). The fraction of sp³-hybridized carbons (Fsp3) is 0.833. The van der Waals surface area contributed by atoms with E-state index in [1.54, 1.807) is 0 Å². The Morgan fingerprint density at radius 3 is 2.65 bits per heavy atom. The smallest absolute Gasteiger partial charge is 0.233 e. The summed E-state index contributed by atoms with van der Waals surface area (Å²) in [6.45, 7) is 6.41. The highest BCUT2D eigenvalue weighted by Crippen LogP contribution is 2.25. The van der Waals surface area contributed by atoms with Crippen molar-refractivity contribution in [3.05, 3.63) is 11.8 Å². The second-order valence-corrected chi connectivity index (χ2v) is 4.73. The average molecular weight is 239 g/mol. The molecule has 1 saturated heterocycles. The first kappa shape index (κ1) is 12.5. The molecule has 2 heterocycles. The van der Waals surface area contributed by atoms with Crippen molar-refractivity contribution < 1.29 is 9.52 Å². The van der Waals surface area contributed by atoms with Gasteiger partial charge in [-0.1, -0.05) is 6.92 Å². The zero-order chi connectivity index (χ0) is 12.3. The average Bonchev–Trinajstić information content (AvgIpc) is 2.87. The lowest BCUT2D eigenvalue weighted by molar-refractivity contribution is 0.0953. The SMILES string of the molecule is CCc1nnc(C(C)N2CCC(CO)CC2)o1. The quantitative estimate of drug-likeness (QED) is 0.860. The van der Waals surface area contributed by atoms with Crippen molar-refractivity contribution in [1.82, 2.24) is 15.1 Å². The van der Waals surface area contributed by atoms with Crippen LogP contribution in [0.5, 0.6) is 0 Å². The van der Waals surface area contributed by atoms with Crippen LogP contribution < -0.4 is 0 Å². The molecule has 1 aromatic heterocycles. The molecule has 1 N–H and O–H groups in total. The van der Waals surface area contributed by atoms with Gasteiger partial charge >= 0.3 is 0 Å². The number of piperidine rings is 1. The van der Waals surface area contributed by atoms with E-state index in [1.807, 2.05) is 6.92 Å². The third kappa shape index (κ3) is 2.84.